The standard InChI is InChI=1S/C30H43NO5/c32-27-8-13-31(14-9-27)12-1-15-33-28-4-2-23(3-5-28)24-6-10-29(11-7-24)34-30(36-35-29)25-17-21-16-22(19-25)20-26(30)18-21/h2-5,21-22,24-27,32H,1,6-20H2. The van der Waals surface area contributed by atoms with Crippen LogP contribution < -0.4 is 4.74 Å². The zero-order chi connectivity index (χ0) is 24.2. The molecule has 0 aromatic heterocycles. The van der Waals surface area contributed by atoms with E-state index in [2.05, 4.69) is 29.2 Å². The van der Waals surface area contributed by atoms with Gasteiger partial charge in [0.25, 0.3) is 0 Å². The van der Waals surface area contributed by atoms with Crippen LogP contribution in [0.2, 0.25) is 0 Å². The van der Waals surface area contributed by atoms with Gasteiger partial charge in [-0.3, -0.25) is 0 Å². The first-order chi connectivity index (χ1) is 17.6. The molecule has 4 bridgehead atoms. The van der Waals surface area contributed by atoms with Gasteiger partial charge in [-0.15, -0.1) is 0 Å². The number of ether oxygens (including phenoxy) is 2. The van der Waals surface area contributed by atoms with E-state index in [1.54, 1.807) is 0 Å². The number of benzene rings is 1. The molecule has 198 valence electrons. The minimum absolute atomic E-state index is 0.101. The predicted molar refractivity (Wildman–Crippen MR) is 135 cm³/mol. The Bertz CT molecular complexity index is 874. The number of nitrogens with zero attached hydrogens (tertiary/aromatic N) is 1. The molecule has 2 aliphatic heterocycles. The summed E-state index contributed by atoms with van der Waals surface area (Å²) in [7, 11) is 0. The quantitative estimate of drug-likeness (QED) is 0.420. The molecule has 7 aliphatic rings. The largest absolute Gasteiger partial charge is 0.494 e. The summed E-state index contributed by atoms with van der Waals surface area (Å²) in [6, 6.07) is 8.75. The molecule has 5 aliphatic carbocycles. The first kappa shape index (κ1) is 23.9. The van der Waals surface area contributed by atoms with Crippen LogP contribution in [0.3, 0.4) is 0 Å². The Morgan fingerprint density at radius 3 is 2.19 bits per heavy atom. The Hall–Kier alpha value is -1.18. The second-order valence-corrected chi connectivity index (χ2v) is 12.8. The highest BCUT2D eigenvalue weighted by atomic mass is 17.3. The highest BCUT2D eigenvalue weighted by molar-refractivity contribution is 5.30. The van der Waals surface area contributed by atoms with Crippen LogP contribution in [0.4, 0.5) is 0 Å². The van der Waals surface area contributed by atoms with E-state index in [0.29, 0.717) is 17.8 Å². The highest BCUT2D eigenvalue weighted by Crippen LogP contribution is 2.64. The first-order valence-electron chi connectivity index (χ1n) is 14.8. The van der Waals surface area contributed by atoms with Crippen molar-refractivity contribution in [3.05, 3.63) is 29.8 Å². The first-order valence-corrected chi connectivity index (χ1v) is 14.8. The van der Waals surface area contributed by atoms with Crippen molar-refractivity contribution in [3.8, 4) is 5.75 Å². The third-order valence-electron chi connectivity index (χ3n) is 10.5. The predicted octanol–water partition coefficient (Wildman–Crippen LogP) is 5.40. The van der Waals surface area contributed by atoms with Gasteiger partial charge in [0, 0.05) is 44.3 Å². The summed E-state index contributed by atoms with van der Waals surface area (Å²) in [5, 5.41) is 9.64. The van der Waals surface area contributed by atoms with Gasteiger partial charge in [0.05, 0.1) is 12.7 Å². The lowest BCUT2D eigenvalue weighted by Gasteiger charge is -2.57. The van der Waals surface area contributed by atoms with E-state index >= 15 is 0 Å². The summed E-state index contributed by atoms with van der Waals surface area (Å²) < 4.78 is 12.9. The molecule has 6 nitrogen and oxygen atoms in total. The van der Waals surface area contributed by atoms with E-state index in [1.807, 2.05) is 0 Å². The Labute approximate surface area is 215 Å². The number of aliphatic hydroxyl groups is 1. The van der Waals surface area contributed by atoms with Crippen molar-refractivity contribution in [2.24, 2.45) is 23.7 Å². The van der Waals surface area contributed by atoms with Crippen LogP contribution in [0.25, 0.3) is 0 Å². The molecule has 0 unspecified atom stereocenters. The van der Waals surface area contributed by atoms with Crippen LogP contribution in [0, 0.1) is 23.7 Å². The van der Waals surface area contributed by atoms with Crippen molar-refractivity contribution in [2.45, 2.75) is 101 Å². The Kier molecular flexibility index (Phi) is 6.33. The van der Waals surface area contributed by atoms with Crippen LogP contribution in [0.15, 0.2) is 24.3 Å². The SMILES string of the molecule is OC1CCN(CCCOc2ccc(C3CCC4(CC3)OOC3(O4)C4CC5CC(C4)CC3C5)cc2)CC1. The van der Waals surface area contributed by atoms with Crippen molar-refractivity contribution in [3.63, 3.8) is 0 Å². The monoisotopic (exact) mass is 497 g/mol. The number of hydrogen-bond donors (Lipinski definition) is 1. The Morgan fingerprint density at radius 2 is 1.53 bits per heavy atom. The second kappa shape index (κ2) is 9.53. The number of likely N-dealkylation sites (tertiary alicyclic amines) is 1. The molecule has 2 spiro atoms. The number of aliphatic hydroxyl groups excluding tert-OH is 1. The highest BCUT2D eigenvalue weighted by Gasteiger charge is 2.66. The molecule has 6 heteroatoms. The van der Waals surface area contributed by atoms with Crippen LogP contribution in [-0.4, -0.2) is 53.9 Å². The third kappa shape index (κ3) is 4.41. The van der Waals surface area contributed by atoms with Crippen molar-refractivity contribution in [1.82, 2.24) is 4.90 Å². The lowest BCUT2D eigenvalue weighted by atomic mass is 9.53. The van der Waals surface area contributed by atoms with Gasteiger partial charge in [-0.1, -0.05) is 12.1 Å². The fourth-order valence-corrected chi connectivity index (χ4v) is 8.64. The fraction of sp³-hybridized carbons (Fsp3) is 0.800. The molecule has 1 aromatic carbocycles. The average molecular weight is 498 g/mol. The minimum atomic E-state index is -0.526. The van der Waals surface area contributed by atoms with Crippen LogP contribution >= 0.6 is 0 Å². The van der Waals surface area contributed by atoms with Gasteiger partial charge in [0.2, 0.25) is 11.6 Å². The molecule has 0 amide bonds. The van der Waals surface area contributed by atoms with Crippen molar-refractivity contribution in [1.29, 1.82) is 0 Å². The van der Waals surface area contributed by atoms with E-state index in [-0.39, 0.29) is 6.10 Å². The van der Waals surface area contributed by atoms with E-state index < -0.39 is 11.6 Å². The molecule has 2 heterocycles. The number of piperidine rings is 1. The van der Waals surface area contributed by atoms with Crippen molar-refractivity contribution in [2.75, 3.05) is 26.2 Å². The van der Waals surface area contributed by atoms with E-state index in [1.165, 1.54) is 37.7 Å². The van der Waals surface area contributed by atoms with Gasteiger partial charge in [-0.05, 0) is 99.7 Å². The summed E-state index contributed by atoms with van der Waals surface area (Å²) in [6.07, 6.45) is 13.2. The van der Waals surface area contributed by atoms with Gasteiger partial charge in [-0.2, -0.15) is 9.78 Å². The summed E-state index contributed by atoms with van der Waals surface area (Å²) in [5.74, 6) is 3.39. The molecular formula is C30H43NO5. The normalized spacial score (nSPS) is 42.5. The zero-order valence-electron chi connectivity index (χ0n) is 21.6. The second-order valence-electron chi connectivity index (χ2n) is 12.8. The summed E-state index contributed by atoms with van der Waals surface area (Å²) in [4.78, 5) is 14.7. The topological polar surface area (TPSA) is 60.4 Å². The smallest absolute Gasteiger partial charge is 0.210 e. The lowest BCUT2D eigenvalue weighted by Crippen LogP contribution is -2.59. The fourth-order valence-electron chi connectivity index (χ4n) is 8.64. The number of hydrogen-bond acceptors (Lipinski definition) is 6. The molecule has 1 aromatic rings. The molecule has 1 N–H and O–H groups in total. The molecule has 0 radical (unpaired) electrons. The van der Waals surface area contributed by atoms with Crippen LogP contribution in [-0.2, 0) is 14.5 Å². The minimum Gasteiger partial charge on any atom is -0.494 e. The third-order valence-corrected chi connectivity index (χ3v) is 10.5. The maximum Gasteiger partial charge on any atom is 0.210 e. The van der Waals surface area contributed by atoms with Gasteiger partial charge in [0.15, 0.2) is 0 Å². The van der Waals surface area contributed by atoms with E-state index in [4.69, 9.17) is 19.2 Å². The van der Waals surface area contributed by atoms with Crippen molar-refractivity contribution >= 4 is 0 Å². The molecule has 2 saturated heterocycles. The Balaban J connectivity index is 0.887. The van der Waals surface area contributed by atoms with Gasteiger partial charge in [0.1, 0.15) is 5.75 Å². The van der Waals surface area contributed by atoms with Gasteiger partial charge in [-0.25, -0.2) is 0 Å². The molecule has 36 heavy (non-hydrogen) atoms. The molecule has 5 saturated carbocycles. The van der Waals surface area contributed by atoms with Gasteiger partial charge < -0.3 is 19.5 Å². The molecular weight excluding hydrogens is 454 g/mol. The maximum absolute atomic E-state index is 9.64. The van der Waals surface area contributed by atoms with Crippen molar-refractivity contribution < 1.29 is 24.4 Å². The summed E-state index contributed by atoms with van der Waals surface area (Å²) in [6.45, 7) is 3.80. The lowest BCUT2D eigenvalue weighted by molar-refractivity contribution is -0.390. The average Bonchev–Trinajstić information content (AvgIpc) is 3.26. The molecule has 7 fully saturated rings. The zero-order valence-corrected chi connectivity index (χ0v) is 21.6. The van der Waals surface area contributed by atoms with Crippen LogP contribution in [0.5, 0.6) is 5.75 Å². The molecule has 0 atom stereocenters. The van der Waals surface area contributed by atoms with E-state index in [0.717, 1.165) is 88.8 Å². The van der Waals surface area contributed by atoms with E-state index in [9.17, 15) is 5.11 Å². The summed E-state index contributed by atoms with van der Waals surface area (Å²) in [5.41, 5.74) is 1.40. The van der Waals surface area contributed by atoms with Crippen LogP contribution in [0.1, 0.15) is 88.5 Å². The maximum atomic E-state index is 9.64. The van der Waals surface area contributed by atoms with Gasteiger partial charge >= 0.3 is 0 Å². The Morgan fingerprint density at radius 1 is 0.861 bits per heavy atom. The number of rotatable bonds is 6. The molecule has 8 rings (SSSR count). The summed E-state index contributed by atoms with van der Waals surface area (Å²) >= 11 is 0.